The smallest absolute Gasteiger partial charge is 0.154 e. The van der Waals surface area contributed by atoms with E-state index in [-0.39, 0.29) is 19.5 Å². The van der Waals surface area contributed by atoms with Crippen LogP contribution in [0.1, 0.15) is 25.0 Å². The minimum atomic E-state index is -0.648. The molecule has 0 spiro atoms. The summed E-state index contributed by atoms with van der Waals surface area (Å²) in [5, 5.41) is 9.71. The van der Waals surface area contributed by atoms with Crippen molar-refractivity contribution in [1.29, 1.82) is 0 Å². The van der Waals surface area contributed by atoms with E-state index >= 15 is 0 Å². The number of hydrogen-bond donors (Lipinski definition) is 1. The first-order valence-electron chi connectivity index (χ1n) is 6.86. The van der Waals surface area contributed by atoms with Crippen LogP contribution >= 0.6 is 0 Å². The Morgan fingerprint density at radius 2 is 1.90 bits per heavy atom. The fourth-order valence-corrected chi connectivity index (χ4v) is 1.64. The van der Waals surface area contributed by atoms with Crippen molar-refractivity contribution in [2.75, 3.05) is 19.8 Å². The molecule has 1 aromatic carbocycles. The molecule has 112 valence electrons. The van der Waals surface area contributed by atoms with E-state index in [1.54, 1.807) is 13.0 Å². The normalized spacial score (nSPS) is 13.9. The molecule has 20 heavy (non-hydrogen) atoms. The van der Waals surface area contributed by atoms with Gasteiger partial charge in [-0.25, -0.2) is 0 Å². The maximum absolute atomic E-state index is 9.71. The topological polar surface area (TPSA) is 47.9 Å². The highest BCUT2D eigenvalue weighted by Crippen LogP contribution is 2.07. The van der Waals surface area contributed by atoms with Gasteiger partial charge < -0.3 is 19.3 Å². The average molecular weight is 280 g/mol. The van der Waals surface area contributed by atoms with Gasteiger partial charge in [0.15, 0.2) is 6.29 Å². The lowest BCUT2D eigenvalue weighted by atomic mass is 10.1. The largest absolute Gasteiger partial charge is 0.388 e. The Balaban J connectivity index is 2.17. The van der Waals surface area contributed by atoms with Crippen LogP contribution in [0, 0.1) is 0 Å². The molecule has 0 aliphatic heterocycles. The second-order valence-corrected chi connectivity index (χ2v) is 4.47. The highest BCUT2D eigenvalue weighted by atomic mass is 16.7. The molecule has 1 rings (SSSR count). The van der Waals surface area contributed by atoms with Gasteiger partial charge in [0, 0.05) is 6.61 Å². The van der Waals surface area contributed by atoms with E-state index in [0.717, 1.165) is 11.1 Å². The van der Waals surface area contributed by atoms with Gasteiger partial charge in [-0.05, 0) is 25.0 Å². The van der Waals surface area contributed by atoms with Gasteiger partial charge in [0.2, 0.25) is 0 Å². The van der Waals surface area contributed by atoms with Crippen molar-refractivity contribution in [3.63, 3.8) is 0 Å². The van der Waals surface area contributed by atoms with Crippen LogP contribution in [0.25, 0.3) is 6.08 Å². The van der Waals surface area contributed by atoms with E-state index in [2.05, 4.69) is 6.58 Å². The van der Waals surface area contributed by atoms with Gasteiger partial charge in [-0.15, -0.1) is 0 Å². The van der Waals surface area contributed by atoms with Crippen molar-refractivity contribution in [2.24, 2.45) is 0 Å². The van der Waals surface area contributed by atoms with Crippen LogP contribution in [-0.4, -0.2) is 37.3 Å². The molecule has 1 N–H and O–H groups in total. The van der Waals surface area contributed by atoms with E-state index in [9.17, 15) is 5.11 Å². The Labute approximate surface area is 121 Å². The van der Waals surface area contributed by atoms with Crippen molar-refractivity contribution in [2.45, 2.75) is 32.8 Å². The van der Waals surface area contributed by atoms with Crippen molar-refractivity contribution in [3.05, 3.63) is 42.0 Å². The quantitative estimate of drug-likeness (QED) is 0.669. The second-order valence-electron chi connectivity index (χ2n) is 4.47. The van der Waals surface area contributed by atoms with Crippen molar-refractivity contribution < 1.29 is 19.3 Å². The molecule has 0 saturated carbocycles. The van der Waals surface area contributed by atoms with Gasteiger partial charge in [-0.2, -0.15) is 0 Å². The van der Waals surface area contributed by atoms with Crippen molar-refractivity contribution in [1.82, 2.24) is 0 Å². The lowest BCUT2D eigenvalue weighted by Crippen LogP contribution is -2.25. The summed E-state index contributed by atoms with van der Waals surface area (Å²) in [6.45, 7) is 8.91. The molecular weight excluding hydrogens is 256 g/mol. The first kappa shape index (κ1) is 16.9. The molecule has 1 aromatic rings. The van der Waals surface area contributed by atoms with Gasteiger partial charge in [-0.1, -0.05) is 36.9 Å². The molecular formula is C16H24O4. The fourth-order valence-electron chi connectivity index (χ4n) is 1.64. The summed E-state index contributed by atoms with van der Waals surface area (Å²) in [4.78, 5) is 0. The number of hydrogen-bond acceptors (Lipinski definition) is 4. The zero-order valence-corrected chi connectivity index (χ0v) is 12.2. The van der Waals surface area contributed by atoms with Gasteiger partial charge in [0.25, 0.3) is 0 Å². The molecule has 0 heterocycles. The molecule has 4 nitrogen and oxygen atoms in total. The van der Waals surface area contributed by atoms with Gasteiger partial charge in [0.05, 0.1) is 19.8 Å². The fraction of sp³-hybridized carbons (Fsp3) is 0.500. The zero-order valence-electron chi connectivity index (χ0n) is 12.2. The van der Waals surface area contributed by atoms with Gasteiger partial charge in [-0.3, -0.25) is 0 Å². The predicted molar refractivity (Wildman–Crippen MR) is 79.2 cm³/mol. The maximum Gasteiger partial charge on any atom is 0.154 e. The van der Waals surface area contributed by atoms with Crippen LogP contribution in [0.15, 0.2) is 30.8 Å². The monoisotopic (exact) mass is 280 g/mol. The minimum absolute atomic E-state index is 0.205. The molecule has 2 atom stereocenters. The Morgan fingerprint density at radius 1 is 1.20 bits per heavy atom. The Bertz CT molecular complexity index is 375. The lowest BCUT2D eigenvalue weighted by molar-refractivity contribution is -0.150. The minimum Gasteiger partial charge on any atom is -0.388 e. The highest BCUT2D eigenvalue weighted by molar-refractivity contribution is 5.47. The SMILES string of the molecule is C=Cc1ccc(COCC(O)COC(C)OCC)cc1. The zero-order chi connectivity index (χ0) is 14.8. The Morgan fingerprint density at radius 3 is 2.50 bits per heavy atom. The average Bonchev–Trinajstić information content (AvgIpc) is 2.46. The standard InChI is InChI=1S/C16H24O4/c1-4-14-6-8-15(9-7-14)10-18-11-16(17)12-20-13(3)19-5-2/h4,6-9,13,16-17H,1,5,10-12H2,2-3H3. The van der Waals surface area contributed by atoms with E-state index in [4.69, 9.17) is 14.2 Å². The van der Waals surface area contributed by atoms with Crippen molar-refractivity contribution >= 4 is 6.08 Å². The molecule has 0 bridgehead atoms. The highest BCUT2D eigenvalue weighted by Gasteiger charge is 2.08. The Kier molecular flexibility index (Phi) is 8.14. The van der Waals surface area contributed by atoms with E-state index < -0.39 is 6.10 Å². The van der Waals surface area contributed by atoms with E-state index in [1.807, 2.05) is 31.2 Å². The Hall–Kier alpha value is -1.20. The molecule has 4 heteroatoms. The van der Waals surface area contributed by atoms with Crippen LogP contribution < -0.4 is 0 Å². The van der Waals surface area contributed by atoms with Gasteiger partial charge >= 0.3 is 0 Å². The third-order valence-electron chi connectivity index (χ3n) is 2.72. The summed E-state index contributed by atoms with van der Waals surface area (Å²) < 4.78 is 16.0. The predicted octanol–water partition coefficient (Wildman–Crippen LogP) is 2.61. The number of rotatable bonds is 10. The van der Waals surface area contributed by atoms with Crippen LogP contribution in [0.2, 0.25) is 0 Å². The van der Waals surface area contributed by atoms with Crippen LogP contribution in [0.5, 0.6) is 0 Å². The third-order valence-corrected chi connectivity index (χ3v) is 2.72. The number of aliphatic hydroxyl groups is 1. The van der Waals surface area contributed by atoms with Crippen molar-refractivity contribution in [3.8, 4) is 0 Å². The summed E-state index contributed by atoms with van der Waals surface area (Å²) in [7, 11) is 0. The molecule has 0 aliphatic carbocycles. The molecule has 2 unspecified atom stereocenters. The van der Waals surface area contributed by atoms with E-state index in [1.165, 1.54) is 0 Å². The molecule has 0 aromatic heterocycles. The maximum atomic E-state index is 9.71. The lowest BCUT2D eigenvalue weighted by Gasteiger charge is -2.16. The number of aliphatic hydroxyl groups excluding tert-OH is 1. The summed E-state index contributed by atoms with van der Waals surface area (Å²) in [6.07, 6.45) is 0.845. The molecule has 0 saturated heterocycles. The summed E-state index contributed by atoms with van der Waals surface area (Å²) in [6, 6.07) is 7.93. The number of ether oxygens (including phenoxy) is 3. The van der Waals surface area contributed by atoms with E-state index in [0.29, 0.717) is 13.2 Å². The van der Waals surface area contributed by atoms with Crippen LogP contribution in [0.3, 0.4) is 0 Å². The summed E-state index contributed by atoms with van der Waals surface area (Å²) in [5.74, 6) is 0. The first-order chi connectivity index (χ1) is 9.65. The van der Waals surface area contributed by atoms with Crippen LogP contribution in [-0.2, 0) is 20.8 Å². The second kappa shape index (κ2) is 9.66. The molecule has 0 radical (unpaired) electrons. The number of benzene rings is 1. The first-order valence-corrected chi connectivity index (χ1v) is 6.86. The van der Waals surface area contributed by atoms with Crippen LogP contribution in [0.4, 0.5) is 0 Å². The third kappa shape index (κ3) is 6.82. The summed E-state index contributed by atoms with van der Waals surface area (Å²) >= 11 is 0. The molecule has 0 aliphatic rings. The molecule has 0 amide bonds. The van der Waals surface area contributed by atoms with Gasteiger partial charge in [0.1, 0.15) is 6.10 Å². The molecule has 0 fully saturated rings. The summed E-state index contributed by atoms with van der Waals surface area (Å²) in [5.41, 5.74) is 2.14.